The number of carboxylic acid groups (broad SMARTS) is 1. The van der Waals surface area contributed by atoms with Crippen LogP contribution >= 0.6 is 11.6 Å². The van der Waals surface area contributed by atoms with Gasteiger partial charge in [0.25, 0.3) is 0 Å². The molecule has 21 heavy (non-hydrogen) atoms. The molecule has 1 aliphatic rings. The molecule has 0 saturated carbocycles. The zero-order valence-corrected chi connectivity index (χ0v) is 12.6. The van der Waals surface area contributed by atoms with E-state index in [1.54, 1.807) is 6.07 Å². The summed E-state index contributed by atoms with van der Waals surface area (Å²) in [5.74, 6) is -0.712. The maximum Gasteiger partial charge on any atom is 0.317 e. The lowest BCUT2D eigenvalue weighted by molar-refractivity contribution is -0.136. The number of hydrogen-bond acceptors (Lipinski definition) is 3. The van der Waals surface area contributed by atoms with Crippen LogP contribution < -0.4 is 5.32 Å². The smallest absolute Gasteiger partial charge is 0.317 e. The summed E-state index contributed by atoms with van der Waals surface area (Å²) < 4.78 is 13.0. The Morgan fingerprint density at radius 2 is 2.33 bits per heavy atom. The second-order valence-corrected chi connectivity index (χ2v) is 5.91. The summed E-state index contributed by atoms with van der Waals surface area (Å²) in [4.78, 5) is 12.8. The molecule has 1 saturated heterocycles. The number of nitrogens with one attached hydrogen (secondary N) is 1. The predicted octanol–water partition coefficient (Wildman–Crippen LogP) is 2.37. The number of piperidine rings is 1. The van der Waals surface area contributed by atoms with Gasteiger partial charge in [-0.2, -0.15) is 0 Å². The second kappa shape index (κ2) is 7.73. The first-order chi connectivity index (χ1) is 10.0. The van der Waals surface area contributed by atoms with Crippen LogP contribution in [0.4, 0.5) is 4.39 Å². The number of carboxylic acids is 1. The Morgan fingerprint density at radius 1 is 1.52 bits per heavy atom. The quantitative estimate of drug-likeness (QED) is 0.846. The molecule has 4 nitrogen and oxygen atoms in total. The summed E-state index contributed by atoms with van der Waals surface area (Å²) in [6.45, 7) is 3.30. The van der Waals surface area contributed by atoms with E-state index in [1.165, 1.54) is 12.1 Å². The van der Waals surface area contributed by atoms with Crippen molar-refractivity contribution in [3.63, 3.8) is 0 Å². The van der Waals surface area contributed by atoms with Crippen molar-refractivity contribution in [1.29, 1.82) is 0 Å². The molecule has 1 atom stereocenters. The van der Waals surface area contributed by atoms with Crippen molar-refractivity contribution in [3.05, 3.63) is 34.6 Å². The van der Waals surface area contributed by atoms with E-state index in [1.807, 2.05) is 0 Å². The third kappa shape index (κ3) is 5.26. The van der Waals surface area contributed by atoms with Crippen molar-refractivity contribution in [2.75, 3.05) is 26.2 Å². The average Bonchev–Trinajstić information content (AvgIpc) is 2.42. The van der Waals surface area contributed by atoms with Crippen LogP contribution in [-0.4, -0.2) is 42.2 Å². The SMILES string of the molecule is O=C(O)CNCC1CCCN(Cc2ccc(F)cc2Cl)C1. The van der Waals surface area contributed by atoms with Gasteiger partial charge in [0, 0.05) is 18.1 Å². The zero-order valence-electron chi connectivity index (χ0n) is 11.8. The molecule has 0 spiro atoms. The number of halogens is 2. The number of rotatable bonds is 6. The number of nitrogens with zero attached hydrogens (tertiary/aromatic N) is 1. The van der Waals surface area contributed by atoms with Crippen LogP contribution in [0.25, 0.3) is 0 Å². The van der Waals surface area contributed by atoms with Crippen LogP contribution in [0.1, 0.15) is 18.4 Å². The fraction of sp³-hybridized carbons (Fsp3) is 0.533. The van der Waals surface area contributed by atoms with E-state index >= 15 is 0 Å². The van der Waals surface area contributed by atoms with E-state index in [9.17, 15) is 9.18 Å². The summed E-state index contributed by atoms with van der Waals surface area (Å²) in [5.41, 5.74) is 0.928. The molecule has 0 amide bonds. The molecule has 1 unspecified atom stereocenters. The molecule has 0 aromatic heterocycles. The Hall–Kier alpha value is -1.17. The maximum atomic E-state index is 13.0. The topological polar surface area (TPSA) is 52.6 Å². The lowest BCUT2D eigenvalue weighted by atomic mass is 9.97. The van der Waals surface area contributed by atoms with Crippen LogP contribution in [0.2, 0.25) is 5.02 Å². The minimum atomic E-state index is -0.833. The lowest BCUT2D eigenvalue weighted by Gasteiger charge is -2.33. The van der Waals surface area contributed by atoms with Crippen molar-refractivity contribution in [2.45, 2.75) is 19.4 Å². The Kier molecular flexibility index (Phi) is 5.96. The highest BCUT2D eigenvalue weighted by Crippen LogP contribution is 2.22. The molecular weight excluding hydrogens is 295 g/mol. The van der Waals surface area contributed by atoms with Gasteiger partial charge in [-0.3, -0.25) is 9.69 Å². The largest absolute Gasteiger partial charge is 0.480 e. The monoisotopic (exact) mass is 314 g/mol. The standard InChI is InChI=1S/C15H20ClFN2O2/c16-14-6-13(17)4-3-12(14)10-19-5-1-2-11(9-19)7-18-8-15(20)21/h3-4,6,11,18H,1-2,5,7-10H2,(H,20,21). The van der Waals surface area contributed by atoms with E-state index in [2.05, 4.69) is 10.2 Å². The van der Waals surface area contributed by atoms with Crippen LogP contribution in [0.15, 0.2) is 18.2 Å². The first-order valence-corrected chi connectivity index (χ1v) is 7.51. The average molecular weight is 315 g/mol. The molecule has 1 aromatic carbocycles. The van der Waals surface area contributed by atoms with Gasteiger partial charge in [0.1, 0.15) is 5.82 Å². The zero-order chi connectivity index (χ0) is 15.2. The van der Waals surface area contributed by atoms with Gasteiger partial charge in [-0.1, -0.05) is 17.7 Å². The van der Waals surface area contributed by atoms with Crippen LogP contribution in [0.3, 0.4) is 0 Å². The van der Waals surface area contributed by atoms with Crippen LogP contribution in [0, 0.1) is 11.7 Å². The molecule has 2 rings (SSSR count). The molecular formula is C15H20ClFN2O2. The highest BCUT2D eigenvalue weighted by Gasteiger charge is 2.20. The van der Waals surface area contributed by atoms with Gasteiger partial charge in [-0.25, -0.2) is 4.39 Å². The molecule has 1 heterocycles. The lowest BCUT2D eigenvalue weighted by Crippen LogP contribution is -2.40. The van der Waals surface area contributed by atoms with Crippen molar-refractivity contribution in [1.82, 2.24) is 10.2 Å². The fourth-order valence-electron chi connectivity index (χ4n) is 2.74. The van der Waals surface area contributed by atoms with Crippen molar-refractivity contribution in [2.24, 2.45) is 5.92 Å². The number of carbonyl (C=O) groups is 1. The molecule has 1 fully saturated rings. The molecule has 1 aromatic rings. The van der Waals surface area contributed by atoms with Gasteiger partial charge in [-0.05, 0) is 49.5 Å². The molecule has 2 N–H and O–H groups in total. The van der Waals surface area contributed by atoms with Crippen molar-refractivity contribution in [3.8, 4) is 0 Å². The van der Waals surface area contributed by atoms with Gasteiger partial charge in [0.05, 0.1) is 6.54 Å². The van der Waals surface area contributed by atoms with Crippen LogP contribution in [0.5, 0.6) is 0 Å². The molecule has 0 aliphatic carbocycles. The number of likely N-dealkylation sites (tertiary alicyclic amines) is 1. The summed E-state index contributed by atoms with van der Waals surface area (Å²) in [6, 6.07) is 4.49. The predicted molar refractivity (Wildman–Crippen MR) is 79.9 cm³/mol. The van der Waals surface area contributed by atoms with Gasteiger partial charge >= 0.3 is 5.97 Å². The Morgan fingerprint density at radius 3 is 3.05 bits per heavy atom. The van der Waals surface area contributed by atoms with E-state index in [-0.39, 0.29) is 12.4 Å². The van der Waals surface area contributed by atoms with E-state index in [0.29, 0.717) is 24.0 Å². The number of benzene rings is 1. The summed E-state index contributed by atoms with van der Waals surface area (Å²) in [5, 5.41) is 12.0. The Balaban J connectivity index is 1.84. The van der Waals surface area contributed by atoms with E-state index in [0.717, 1.165) is 31.5 Å². The third-order valence-electron chi connectivity index (χ3n) is 3.72. The minimum absolute atomic E-state index is 0.000288. The van der Waals surface area contributed by atoms with Crippen molar-refractivity contribution < 1.29 is 14.3 Å². The molecule has 116 valence electrons. The Labute approximate surface area is 128 Å². The highest BCUT2D eigenvalue weighted by molar-refractivity contribution is 6.31. The van der Waals surface area contributed by atoms with Gasteiger partial charge < -0.3 is 10.4 Å². The first kappa shape index (κ1) is 16.2. The maximum absolute atomic E-state index is 13.0. The van der Waals surface area contributed by atoms with E-state index in [4.69, 9.17) is 16.7 Å². The van der Waals surface area contributed by atoms with Crippen molar-refractivity contribution >= 4 is 17.6 Å². The first-order valence-electron chi connectivity index (χ1n) is 7.13. The summed E-state index contributed by atoms with van der Waals surface area (Å²) in [6.07, 6.45) is 2.18. The second-order valence-electron chi connectivity index (χ2n) is 5.50. The van der Waals surface area contributed by atoms with E-state index < -0.39 is 5.97 Å². The molecule has 0 bridgehead atoms. The number of aliphatic carboxylic acids is 1. The summed E-state index contributed by atoms with van der Waals surface area (Å²) >= 11 is 6.06. The van der Waals surface area contributed by atoms with Crippen LogP contribution in [-0.2, 0) is 11.3 Å². The fourth-order valence-corrected chi connectivity index (χ4v) is 2.96. The minimum Gasteiger partial charge on any atom is -0.480 e. The third-order valence-corrected chi connectivity index (χ3v) is 4.07. The summed E-state index contributed by atoms with van der Waals surface area (Å²) in [7, 11) is 0. The Bertz CT molecular complexity index is 499. The molecule has 1 aliphatic heterocycles. The normalized spacial score (nSPS) is 19.6. The molecule has 0 radical (unpaired) electrons. The van der Waals surface area contributed by atoms with Gasteiger partial charge in [0.15, 0.2) is 0 Å². The number of hydrogen-bond donors (Lipinski definition) is 2. The highest BCUT2D eigenvalue weighted by atomic mass is 35.5. The molecule has 6 heteroatoms. The van der Waals surface area contributed by atoms with Gasteiger partial charge in [-0.15, -0.1) is 0 Å². The van der Waals surface area contributed by atoms with Gasteiger partial charge in [0.2, 0.25) is 0 Å².